The third-order valence-electron chi connectivity index (χ3n) is 3.86. The van der Waals surface area contributed by atoms with Crippen molar-refractivity contribution in [2.45, 2.75) is 32.4 Å². The highest BCUT2D eigenvalue weighted by molar-refractivity contribution is 7.10. The van der Waals surface area contributed by atoms with Gasteiger partial charge in [0.15, 0.2) is 0 Å². The van der Waals surface area contributed by atoms with Crippen molar-refractivity contribution >= 4 is 11.3 Å². The lowest BCUT2D eigenvalue weighted by Gasteiger charge is -2.22. The molecule has 1 unspecified atom stereocenters. The molecule has 2 aromatic heterocycles. The maximum absolute atomic E-state index is 4.51. The standard InChI is InChI=1S/C16H26N4S/c1-13(2)19(3)10-6-8-17-15(14-7-5-12-21-14)16-18-9-11-20(16)4/h5,7,9,11-13,15,17H,6,8,10H2,1-4H3. The zero-order chi connectivity index (χ0) is 15.2. The lowest BCUT2D eigenvalue weighted by atomic mass is 10.2. The van der Waals surface area contributed by atoms with E-state index in [9.17, 15) is 0 Å². The molecule has 116 valence electrons. The fourth-order valence-corrected chi connectivity index (χ4v) is 3.06. The first-order chi connectivity index (χ1) is 10.1. The summed E-state index contributed by atoms with van der Waals surface area (Å²) in [5, 5.41) is 5.78. The van der Waals surface area contributed by atoms with Crippen molar-refractivity contribution < 1.29 is 0 Å². The summed E-state index contributed by atoms with van der Waals surface area (Å²) >= 11 is 1.78. The van der Waals surface area contributed by atoms with Crippen LogP contribution >= 0.6 is 11.3 Å². The summed E-state index contributed by atoms with van der Waals surface area (Å²) in [6.07, 6.45) is 5.01. The van der Waals surface area contributed by atoms with Crippen LogP contribution in [0.2, 0.25) is 0 Å². The van der Waals surface area contributed by atoms with Gasteiger partial charge < -0.3 is 14.8 Å². The Hall–Kier alpha value is -1.17. The number of nitrogens with zero attached hydrogens (tertiary/aromatic N) is 3. The van der Waals surface area contributed by atoms with Gasteiger partial charge in [0, 0.05) is 30.4 Å². The number of hydrogen-bond acceptors (Lipinski definition) is 4. The Balaban J connectivity index is 1.94. The highest BCUT2D eigenvalue weighted by atomic mass is 32.1. The molecule has 4 nitrogen and oxygen atoms in total. The summed E-state index contributed by atoms with van der Waals surface area (Å²) in [7, 11) is 4.23. The van der Waals surface area contributed by atoms with Crippen LogP contribution in [0.5, 0.6) is 0 Å². The number of rotatable bonds is 8. The lowest BCUT2D eigenvalue weighted by Crippen LogP contribution is -2.31. The van der Waals surface area contributed by atoms with Gasteiger partial charge in [-0.25, -0.2) is 4.98 Å². The summed E-state index contributed by atoms with van der Waals surface area (Å²) in [4.78, 5) is 8.21. The Labute approximate surface area is 131 Å². The van der Waals surface area contributed by atoms with Gasteiger partial charge in [-0.3, -0.25) is 0 Å². The van der Waals surface area contributed by atoms with Gasteiger partial charge >= 0.3 is 0 Å². The minimum atomic E-state index is 0.189. The zero-order valence-corrected chi connectivity index (χ0v) is 14.2. The summed E-state index contributed by atoms with van der Waals surface area (Å²) in [5.41, 5.74) is 0. The second-order valence-corrected chi connectivity index (χ2v) is 6.71. The van der Waals surface area contributed by atoms with Gasteiger partial charge in [-0.2, -0.15) is 0 Å². The minimum Gasteiger partial charge on any atom is -0.336 e. The van der Waals surface area contributed by atoms with Crippen LogP contribution in [0.4, 0.5) is 0 Å². The van der Waals surface area contributed by atoms with Crippen molar-refractivity contribution in [1.82, 2.24) is 19.8 Å². The Kier molecular flexibility index (Phi) is 5.96. The molecule has 2 heterocycles. The molecule has 21 heavy (non-hydrogen) atoms. The van der Waals surface area contributed by atoms with Gasteiger partial charge in [0.2, 0.25) is 0 Å². The number of nitrogens with one attached hydrogen (secondary N) is 1. The van der Waals surface area contributed by atoms with Crippen molar-refractivity contribution in [2.75, 3.05) is 20.1 Å². The topological polar surface area (TPSA) is 33.1 Å². The molecule has 0 saturated carbocycles. The van der Waals surface area contributed by atoms with Gasteiger partial charge in [-0.15, -0.1) is 11.3 Å². The van der Waals surface area contributed by atoms with Crippen LogP contribution in [0.15, 0.2) is 29.9 Å². The normalized spacial score (nSPS) is 13.2. The highest BCUT2D eigenvalue weighted by Crippen LogP contribution is 2.24. The van der Waals surface area contributed by atoms with Crippen LogP contribution in [-0.4, -0.2) is 40.6 Å². The van der Waals surface area contributed by atoms with Crippen LogP contribution in [-0.2, 0) is 7.05 Å². The summed E-state index contributed by atoms with van der Waals surface area (Å²) in [6.45, 7) is 6.57. The largest absolute Gasteiger partial charge is 0.336 e. The molecule has 1 N–H and O–H groups in total. The van der Waals surface area contributed by atoms with E-state index < -0.39 is 0 Å². The first-order valence-electron chi connectivity index (χ1n) is 7.54. The molecule has 0 aliphatic carbocycles. The SMILES string of the molecule is CC(C)N(C)CCCNC(c1cccs1)c1nccn1C. The fourth-order valence-electron chi connectivity index (χ4n) is 2.26. The number of aryl methyl sites for hydroxylation is 1. The van der Waals surface area contributed by atoms with Gasteiger partial charge in [0.05, 0.1) is 0 Å². The van der Waals surface area contributed by atoms with Gasteiger partial charge in [0.25, 0.3) is 0 Å². The predicted octanol–water partition coefficient (Wildman–Crippen LogP) is 2.89. The van der Waals surface area contributed by atoms with Crippen LogP contribution in [0, 0.1) is 0 Å². The van der Waals surface area contributed by atoms with Crippen molar-refractivity contribution in [3.8, 4) is 0 Å². The second kappa shape index (κ2) is 7.73. The Morgan fingerprint density at radius 1 is 1.43 bits per heavy atom. The molecule has 2 aromatic rings. The molecule has 2 rings (SSSR count). The van der Waals surface area contributed by atoms with Gasteiger partial charge in [0.1, 0.15) is 11.9 Å². The quantitative estimate of drug-likeness (QED) is 0.761. The summed E-state index contributed by atoms with van der Waals surface area (Å²) < 4.78 is 2.09. The van der Waals surface area contributed by atoms with E-state index in [1.165, 1.54) is 4.88 Å². The van der Waals surface area contributed by atoms with E-state index in [-0.39, 0.29) is 6.04 Å². The van der Waals surface area contributed by atoms with E-state index in [1.54, 1.807) is 11.3 Å². The van der Waals surface area contributed by atoms with Crippen LogP contribution in [0.25, 0.3) is 0 Å². The minimum absolute atomic E-state index is 0.189. The molecule has 0 radical (unpaired) electrons. The van der Waals surface area contributed by atoms with Crippen molar-refractivity contribution in [2.24, 2.45) is 7.05 Å². The van der Waals surface area contributed by atoms with Crippen molar-refractivity contribution in [3.63, 3.8) is 0 Å². The highest BCUT2D eigenvalue weighted by Gasteiger charge is 2.18. The second-order valence-electron chi connectivity index (χ2n) is 5.73. The Morgan fingerprint density at radius 2 is 2.24 bits per heavy atom. The average molecular weight is 306 g/mol. The first-order valence-corrected chi connectivity index (χ1v) is 8.41. The van der Waals surface area contributed by atoms with Crippen LogP contribution < -0.4 is 5.32 Å². The molecule has 5 heteroatoms. The summed E-state index contributed by atoms with van der Waals surface area (Å²) in [5.74, 6) is 1.08. The molecule has 0 saturated heterocycles. The van der Waals surface area contributed by atoms with Crippen molar-refractivity contribution in [3.05, 3.63) is 40.6 Å². The van der Waals surface area contributed by atoms with Crippen LogP contribution in [0.1, 0.15) is 37.0 Å². The Bertz CT molecular complexity index is 518. The molecular formula is C16H26N4S. The molecule has 0 spiro atoms. The third kappa shape index (κ3) is 4.40. The van der Waals surface area contributed by atoms with E-state index in [0.717, 1.165) is 25.3 Å². The summed E-state index contributed by atoms with van der Waals surface area (Å²) in [6, 6.07) is 5.07. The molecular weight excluding hydrogens is 280 g/mol. The number of hydrogen-bond donors (Lipinski definition) is 1. The Morgan fingerprint density at radius 3 is 2.81 bits per heavy atom. The number of thiophene rings is 1. The fraction of sp³-hybridized carbons (Fsp3) is 0.562. The van der Waals surface area contributed by atoms with Gasteiger partial charge in [-0.05, 0) is 51.9 Å². The predicted molar refractivity (Wildman–Crippen MR) is 89.8 cm³/mol. The maximum atomic E-state index is 4.51. The smallest absolute Gasteiger partial charge is 0.131 e. The maximum Gasteiger partial charge on any atom is 0.131 e. The molecule has 0 fully saturated rings. The zero-order valence-electron chi connectivity index (χ0n) is 13.4. The molecule has 1 atom stereocenters. The molecule has 0 bridgehead atoms. The third-order valence-corrected chi connectivity index (χ3v) is 4.80. The molecule has 0 aliphatic heterocycles. The average Bonchev–Trinajstić information content (AvgIpc) is 3.10. The van der Waals surface area contributed by atoms with E-state index in [0.29, 0.717) is 6.04 Å². The van der Waals surface area contributed by atoms with E-state index >= 15 is 0 Å². The first kappa shape index (κ1) is 16.2. The monoisotopic (exact) mass is 306 g/mol. The van der Waals surface area contributed by atoms with Gasteiger partial charge in [-0.1, -0.05) is 6.07 Å². The van der Waals surface area contributed by atoms with E-state index in [2.05, 4.69) is 65.2 Å². The van der Waals surface area contributed by atoms with E-state index in [4.69, 9.17) is 0 Å². The molecule has 0 aromatic carbocycles. The van der Waals surface area contributed by atoms with Crippen LogP contribution in [0.3, 0.4) is 0 Å². The number of aromatic nitrogens is 2. The molecule has 0 amide bonds. The molecule has 0 aliphatic rings. The van der Waals surface area contributed by atoms with Crippen molar-refractivity contribution in [1.29, 1.82) is 0 Å². The van der Waals surface area contributed by atoms with E-state index in [1.807, 2.05) is 12.4 Å². The lowest BCUT2D eigenvalue weighted by molar-refractivity contribution is 0.268. The number of imidazole rings is 1.